The van der Waals surface area contributed by atoms with E-state index in [1.54, 1.807) is 0 Å². The first-order valence-corrected chi connectivity index (χ1v) is 8.16. The molecule has 9 heteroatoms. The van der Waals surface area contributed by atoms with Crippen molar-refractivity contribution >= 4 is 0 Å². The molecule has 1 unspecified atom stereocenters. The van der Waals surface area contributed by atoms with E-state index in [-0.39, 0.29) is 0 Å². The van der Waals surface area contributed by atoms with Crippen LogP contribution < -0.4 is 17.0 Å². The van der Waals surface area contributed by atoms with Crippen LogP contribution in [-0.4, -0.2) is 57.8 Å². The number of nitrogens with two attached hydrogens (primary N) is 1. The minimum atomic E-state index is -1.07. The van der Waals surface area contributed by atoms with Crippen molar-refractivity contribution < 1.29 is 19.7 Å². The Morgan fingerprint density at radius 2 is 2.04 bits per heavy atom. The fraction of sp³-hybridized carbons (Fsp3) is 0.733. The molecule has 0 radical (unpaired) electrons. The average molecular weight is 343 g/mol. The van der Waals surface area contributed by atoms with Crippen molar-refractivity contribution in [3.8, 4) is 0 Å². The Bertz CT molecular complexity index is 616. The highest BCUT2D eigenvalue weighted by molar-refractivity contribution is 4.93. The Hall–Kier alpha value is -1.52. The molecule has 2 rings (SSSR count). The molecule has 1 aliphatic rings. The molecule has 0 bridgehead atoms. The molecule has 24 heavy (non-hydrogen) atoms. The minimum Gasteiger partial charge on any atom is -0.394 e. The van der Waals surface area contributed by atoms with Crippen molar-refractivity contribution in [3.63, 3.8) is 0 Å². The second-order valence-electron chi connectivity index (χ2n) is 5.79. The summed E-state index contributed by atoms with van der Waals surface area (Å²) in [6.07, 6.45) is 1.36. The number of unbranched alkanes of at least 4 members (excludes halogenated alkanes) is 3. The maximum Gasteiger partial charge on any atom is 0.330 e. The summed E-state index contributed by atoms with van der Waals surface area (Å²) in [5, 5.41) is 19.6. The van der Waals surface area contributed by atoms with Crippen LogP contribution in [0.4, 0.5) is 0 Å². The molecule has 1 fully saturated rings. The van der Waals surface area contributed by atoms with Crippen molar-refractivity contribution in [1.82, 2.24) is 9.55 Å². The summed E-state index contributed by atoms with van der Waals surface area (Å²) in [6.45, 7) is 0.653. The van der Waals surface area contributed by atoms with Gasteiger partial charge in [0.15, 0.2) is 6.23 Å². The number of nitrogens with zero attached hydrogens (tertiary/aromatic N) is 1. The Balaban J connectivity index is 2.04. The second kappa shape index (κ2) is 9.09. The molecule has 9 nitrogen and oxygen atoms in total. The third-order valence-corrected chi connectivity index (χ3v) is 4.03. The fourth-order valence-electron chi connectivity index (χ4n) is 2.72. The zero-order valence-electron chi connectivity index (χ0n) is 13.5. The lowest BCUT2D eigenvalue weighted by Crippen LogP contribution is -2.39. The van der Waals surface area contributed by atoms with Crippen LogP contribution in [-0.2, 0) is 9.47 Å². The highest BCUT2D eigenvalue weighted by Crippen LogP contribution is 2.30. The molecule has 1 saturated heterocycles. The van der Waals surface area contributed by atoms with Gasteiger partial charge in [-0.15, -0.1) is 0 Å². The van der Waals surface area contributed by atoms with E-state index in [9.17, 15) is 19.8 Å². The highest BCUT2D eigenvalue weighted by atomic mass is 16.6. The lowest BCUT2D eigenvalue weighted by Gasteiger charge is -2.22. The monoisotopic (exact) mass is 343 g/mol. The topological polar surface area (TPSA) is 140 Å². The molecule has 1 aliphatic heterocycles. The number of rotatable bonds is 9. The van der Waals surface area contributed by atoms with Gasteiger partial charge in [0.25, 0.3) is 5.56 Å². The van der Waals surface area contributed by atoms with E-state index in [0.717, 1.165) is 30.3 Å². The standard InChI is InChI=1S/C15H25N3O6/c16-6-3-1-2-4-8-23-13-12(21)10(9-19)24-14(13)18-7-5-11(20)17-15(18)22/h5,7,10,12-14,19,21H,1-4,6,8-9,16H2,(H,17,20,22)/t10-,12?,13+,14-/m1/s1. The normalized spacial score (nSPS) is 26.8. The summed E-state index contributed by atoms with van der Waals surface area (Å²) in [6, 6.07) is 1.19. The number of hydrogen-bond donors (Lipinski definition) is 4. The first-order chi connectivity index (χ1) is 11.6. The summed E-state index contributed by atoms with van der Waals surface area (Å²) in [4.78, 5) is 25.3. The third kappa shape index (κ3) is 4.52. The predicted molar refractivity (Wildman–Crippen MR) is 85.6 cm³/mol. The van der Waals surface area contributed by atoms with Gasteiger partial charge >= 0.3 is 5.69 Å². The van der Waals surface area contributed by atoms with Gasteiger partial charge in [-0.25, -0.2) is 4.79 Å². The van der Waals surface area contributed by atoms with Gasteiger partial charge in [0.05, 0.1) is 6.61 Å². The zero-order valence-corrected chi connectivity index (χ0v) is 13.5. The number of H-pyrrole nitrogens is 1. The van der Waals surface area contributed by atoms with E-state index in [2.05, 4.69) is 4.98 Å². The number of aliphatic hydroxyl groups excluding tert-OH is 2. The van der Waals surface area contributed by atoms with Gasteiger partial charge in [0.1, 0.15) is 18.3 Å². The van der Waals surface area contributed by atoms with Crippen LogP contribution >= 0.6 is 0 Å². The predicted octanol–water partition coefficient (Wildman–Crippen LogP) is -1.31. The largest absolute Gasteiger partial charge is 0.394 e. The lowest BCUT2D eigenvalue weighted by atomic mass is 10.1. The SMILES string of the molecule is NCCCCCCO[C@H]1C(O)[C@@H](CO)O[C@H]1n1ccc(=O)[nH]c1=O. The van der Waals surface area contributed by atoms with Crippen LogP contribution in [0.3, 0.4) is 0 Å². The number of aliphatic hydroxyl groups is 2. The molecule has 0 aromatic carbocycles. The quantitative estimate of drug-likeness (QED) is 0.408. The maximum absolute atomic E-state index is 11.9. The molecule has 4 atom stereocenters. The summed E-state index contributed by atoms with van der Waals surface area (Å²) < 4.78 is 12.4. The number of aromatic amines is 1. The first kappa shape index (κ1) is 18.8. The molecule has 0 aliphatic carbocycles. The first-order valence-electron chi connectivity index (χ1n) is 8.16. The van der Waals surface area contributed by atoms with Crippen LogP contribution in [0.25, 0.3) is 0 Å². The van der Waals surface area contributed by atoms with Gasteiger partial charge < -0.3 is 25.4 Å². The number of ether oxygens (including phenoxy) is 2. The maximum atomic E-state index is 11.9. The molecule has 1 aromatic rings. The van der Waals surface area contributed by atoms with Crippen molar-refractivity contribution in [2.45, 2.75) is 50.2 Å². The van der Waals surface area contributed by atoms with Crippen molar-refractivity contribution in [3.05, 3.63) is 33.1 Å². The Morgan fingerprint density at radius 1 is 1.29 bits per heavy atom. The van der Waals surface area contributed by atoms with Gasteiger partial charge in [0, 0.05) is 18.9 Å². The lowest BCUT2D eigenvalue weighted by molar-refractivity contribution is -0.0749. The van der Waals surface area contributed by atoms with Crippen molar-refractivity contribution in [1.29, 1.82) is 0 Å². The number of hydrogen-bond acceptors (Lipinski definition) is 7. The van der Waals surface area contributed by atoms with Crippen LogP contribution in [0.2, 0.25) is 0 Å². The Kier molecular flexibility index (Phi) is 7.13. The van der Waals surface area contributed by atoms with Gasteiger partial charge in [-0.1, -0.05) is 12.8 Å². The highest BCUT2D eigenvalue weighted by Gasteiger charge is 2.45. The Labute approximate surface area is 139 Å². The van der Waals surface area contributed by atoms with Crippen LogP contribution in [0.1, 0.15) is 31.9 Å². The molecular weight excluding hydrogens is 318 g/mol. The van der Waals surface area contributed by atoms with Gasteiger partial charge in [-0.05, 0) is 19.4 Å². The van der Waals surface area contributed by atoms with Crippen LogP contribution in [0.15, 0.2) is 21.9 Å². The number of nitrogens with one attached hydrogen (secondary N) is 1. The summed E-state index contributed by atoms with van der Waals surface area (Å²) in [5.41, 5.74) is 4.26. The van der Waals surface area contributed by atoms with Crippen LogP contribution in [0.5, 0.6) is 0 Å². The van der Waals surface area contributed by atoms with E-state index in [0.29, 0.717) is 13.2 Å². The molecule has 0 saturated carbocycles. The smallest absolute Gasteiger partial charge is 0.330 e. The summed E-state index contributed by atoms with van der Waals surface area (Å²) >= 11 is 0. The molecule has 0 amide bonds. The van der Waals surface area contributed by atoms with Gasteiger partial charge in [-0.3, -0.25) is 14.3 Å². The molecule has 136 valence electrons. The van der Waals surface area contributed by atoms with Crippen molar-refractivity contribution in [2.24, 2.45) is 5.73 Å². The molecule has 0 spiro atoms. The van der Waals surface area contributed by atoms with E-state index in [1.807, 2.05) is 0 Å². The number of aromatic nitrogens is 2. The third-order valence-electron chi connectivity index (χ3n) is 4.03. The molecular formula is C15H25N3O6. The second-order valence-corrected chi connectivity index (χ2v) is 5.79. The van der Waals surface area contributed by atoms with Crippen LogP contribution in [0, 0.1) is 0 Å². The Morgan fingerprint density at radius 3 is 2.71 bits per heavy atom. The van der Waals surface area contributed by atoms with E-state index < -0.39 is 42.4 Å². The molecule has 5 N–H and O–H groups in total. The average Bonchev–Trinajstić information content (AvgIpc) is 2.87. The fourth-order valence-corrected chi connectivity index (χ4v) is 2.72. The molecule has 1 aromatic heterocycles. The zero-order chi connectivity index (χ0) is 17.5. The summed E-state index contributed by atoms with van der Waals surface area (Å²) in [5.74, 6) is 0. The van der Waals surface area contributed by atoms with E-state index in [1.165, 1.54) is 12.3 Å². The molecule has 2 heterocycles. The van der Waals surface area contributed by atoms with E-state index >= 15 is 0 Å². The summed E-state index contributed by atoms with van der Waals surface area (Å²) in [7, 11) is 0. The van der Waals surface area contributed by atoms with Crippen molar-refractivity contribution in [2.75, 3.05) is 19.8 Å². The van der Waals surface area contributed by atoms with Gasteiger partial charge in [0.2, 0.25) is 0 Å². The van der Waals surface area contributed by atoms with E-state index in [4.69, 9.17) is 15.2 Å². The van der Waals surface area contributed by atoms with Gasteiger partial charge in [-0.2, -0.15) is 0 Å². The minimum absolute atomic E-state index is 0.391.